The molecule has 0 bridgehead atoms. The second kappa shape index (κ2) is 8.55. The molecular formula is C18H21N3O3S2. The van der Waals surface area contributed by atoms with E-state index in [0.29, 0.717) is 30.3 Å². The fourth-order valence-electron chi connectivity index (χ4n) is 2.67. The van der Waals surface area contributed by atoms with Crippen molar-refractivity contribution in [2.75, 3.05) is 18.2 Å². The monoisotopic (exact) mass is 391 g/mol. The van der Waals surface area contributed by atoms with E-state index >= 15 is 0 Å². The van der Waals surface area contributed by atoms with Crippen LogP contribution in [0.1, 0.15) is 28.0 Å². The number of rotatable bonds is 6. The normalized spacial score (nSPS) is 16.5. The van der Waals surface area contributed by atoms with Crippen LogP contribution in [0.2, 0.25) is 0 Å². The maximum Gasteiger partial charge on any atom is 0.255 e. The third kappa shape index (κ3) is 4.37. The molecule has 1 aliphatic rings. The van der Waals surface area contributed by atoms with Crippen LogP contribution >= 0.6 is 23.1 Å². The molecule has 0 aliphatic carbocycles. The van der Waals surface area contributed by atoms with Gasteiger partial charge in [-0.2, -0.15) is 0 Å². The summed E-state index contributed by atoms with van der Waals surface area (Å²) in [7, 11) is 0. The fourth-order valence-corrected chi connectivity index (χ4v) is 4.44. The van der Waals surface area contributed by atoms with E-state index < -0.39 is 6.04 Å². The summed E-state index contributed by atoms with van der Waals surface area (Å²) in [4.78, 5) is 31.3. The highest BCUT2D eigenvalue weighted by Gasteiger charge is 2.35. The Labute approximate surface area is 160 Å². The van der Waals surface area contributed by atoms with Crippen molar-refractivity contribution in [1.82, 2.24) is 15.2 Å². The number of benzene rings is 1. The second-order valence-electron chi connectivity index (χ2n) is 5.82. The molecule has 1 N–H and O–H groups in total. The molecule has 0 spiro atoms. The number of carbonyl (C=O) groups excluding carboxylic acids is 2. The summed E-state index contributed by atoms with van der Waals surface area (Å²) in [6.45, 7) is 4.81. The molecule has 1 aromatic carbocycles. The van der Waals surface area contributed by atoms with Gasteiger partial charge in [-0.25, -0.2) is 4.98 Å². The molecule has 3 rings (SSSR count). The Bertz CT molecular complexity index is 776. The Balaban J connectivity index is 1.62. The molecule has 2 amide bonds. The Hall–Kier alpha value is -2.06. The van der Waals surface area contributed by atoms with Crippen molar-refractivity contribution in [3.05, 3.63) is 45.9 Å². The maximum absolute atomic E-state index is 12.8. The van der Waals surface area contributed by atoms with Gasteiger partial charge >= 0.3 is 0 Å². The lowest BCUT2D eigenvalue weighted by Gasteiger charge is -2.23. The molecule has 6 nitrogen and oxygen atoms in total. The highest BCUT2D eigenvalue weighted by atomic mass is 32.2. The summed E-state index contributed by atoms with van der Waals surface area (Å²) < 4.78 is 5.40. The molecule has 0 saturated carbocycles. The van der Waals surface area contributed by atoms with Gasteiger partial charge in [-0.15, -0.1) is 23.1 Å². The van der Waals surface area contributed by atoms with Crippen LogP contribution in [0.15, 0.2) is 29.6 Å². The lowest BCUT2D eigenvalue weighted by molar-refractivity contribution is -0.124. The van der Waals surface area contributed by atoms with Gasteiger partial charge in [0.2, 0.25) is 5.91 Å². The number of aromatic nitrogens is 1. The summed E-state index contributed by atoms with van der Waals surface area (Å²) in [6, 6.07) is 6.57. The van der Waals surface area contributed by atoms with E-state index in [1.807, 2.05) is 19.2 Å². The van der Waals surface area contributed by atoms with Crippen LogP contribution in [-0.2, 0) is 11.3 Å². The average Bonchev–Trinajstić information content (AvgIpc) is 3.29. The third-order valence-electron chi connectivity index (χ3n) is 3.97. The topological polar surface area (TPSA) is 71.5 Å². The number of thiazole rings is 1. The minimum absolute atomic E-state index is 0.136. The predicted octanol–water partition coefficient (Wildman–Crippen LogP) is 2.68. The molecule has 1 unspecified atom stereocenters. The lowest BCUT2D eigenvalue weighted by atomic mass is 10.1. The highest BCUT2D eigenvalue weighted by Crippen LogP contribution is 2.24. The van der Waals surface area contributed by atoms with Crippen molar-refractivity contribution in [3.63, 3.8) is 0 Å². The first-order valence-corrected chi connectivity index (χ1v) is 10.4. The van der Waals surface area contributed by atoms with Crippen LogP contribution in [-0.4, -0.2) is 46.0 Å². The van der Waals surface area contributed by atoms with Gasteiger partial charge in [0.1, 0.15) is 11.8 Å². The molecule has 1 aromatic heterocycles. The van der Waals surface area contributed by atoms with Gasteiger partial charge in [-0.3, -0.25) is 9.59 Å². The van der Waals surface area contributed by atoms with Crippen LogP contribution < -0.4 is 10.1 Å². The zero-order valence-corrected chi connectivity index (χ0v) is 16.4. The predicted molar refractivity (Wildman–Crippen MR) is 104 cm³/mol. The molecular weight excluding hydrogens is 370 g/mol. The lowest BCUT2D eigenvalue weighted by Crippen LogP contribution is -2.47. The van der Waals surface area contributed by atoms with Crippen LogP contribution in [0, 0.1) is 6.92 Å². The Morgan fingerprint density at radius 3 is 2.77 bits per heavy atom. The number of aryl methyl sites for hydroxylation is 1. The molecule has 138 valence electrons. The number of carbonyl (C=O) groups is 2. The minimum Gasteiger partial charge on any atom is -0.494 e. The standard InChI is InChI=1S/C18H21N3O3S2/c1-3-24-15-6-4-13(5-7-15)18(23)21-11-25-10-16(21)17(22)19-8-14-9-26-12(2)20-14/h4-7,9,16H,3,8,10-11H2,1-2H3,(H,19,22). The first-order chi connectivity index (χ1) is 12.6. The Morgan fingerprint density at radius 2 is 2.12 bits per heavy atom. The first-order valence-electron chi connectivity index (χ1n) is 8.38. The van der Waals surface area contributed by atoms with Gasteiger partial charge in [0.05, 0.1) is 29.7 Å². The fraction of sp³-hybridized carbons (Fsp3) is 0.389. The maximum atomic E-state index is 12.8. The molecule has 8 heteroatoms. The molecule has 1 atom stereocenters. The number of thioether (sulfide) groups is 1. The SMILES string of the molecule is CCOc1ccc(C(=O)N2CSCC2C(=O)NCc2csc(C)n2)cc1. The number of amides is 2. The number of nitrogens with one attached hydrogen (secondary N) is 1. The van der Waals surface area contributed by atoms with E-state index in [2.05, 4.69) is 10.3 Å². The van der Waals surface area contributed by atoms with Crippen molar-refractivity contribution in [2.24, 2.45) is 0 Å². The van der Waals surface area contributed by atoms with Crippen LogP contribution in [0.5, 0.6) is 5.75 Å². The van der Waals surface area contributed by atoms with Crippen molar-refractivity contribution >= 4 is 34.9 Å². The van der Waals surface area contributed by atoms with E-state index in [0.717, 1.165) is 16.5 Å². The van der Waals surface area contributed by atoms with Crippen LogP contribution in [0.3, 0.4) is 0 Å². The molecule has 2 heterocycles. The van der Waals surface area contributed by atoms with Crippen molar-refractivity contribution in [2.45, 2.75) is 26.4 Å². The summed E-state index contributed by atoms with van der Waals surface area (Å²) in [5.41, 5.74) is 1.40. The molecule has 2 aromatic rings. The van der Waals surface area contributed by atoms with Crippen LogP contribution in [0.25, 0.3) is 0 Å². The van der Waals surface area contributed by atoms with E-state index in [1.54, 1.807) is 52.3 Å². The van der Waals surface area contributed by atoms with E-state index in [-0.39, 0.29) is 11.8 Å². The Morgan fingerprint density at radius 1 is 1.35 bits per heavy atom. The highest BCUT2D eigenvalue weighted by molar-refractivity contribution is 7.99. The number of nitrogens with zero attached hydrogens (tertiary/aromatic N) is 2. The van der Waals surface area contributed by atoms with E-state index in [4.69, 9.17) is 4.74 Å². The summed E-state index contributed by atoms with van der Waals surface area (Å²) in [5.74, 6) is 1.57. The number of hydrogen-bond donors (Lipinski definition) is 1. The second-order valence-corrected chi connectivity index (χ2v) is 7.89. The van der Waals surface area contributed by atoms with E-state index in [9.17, 15) is 9.59 Å². The van der Waals surface area contributed by atoms with Gasteiger partial charge in [0.25, 0.3) is 5.91 Å². The summed E-state index contributed by atoms with van der Waals surface area (Å²) in [5, 5.41) is 5.80. The minimum atomic E-state index is -0.459. The van der Waals surface area contributed by atoms with Gasteiger partial charge in [0, 0.05) is 16.7 Å². The average molecular weight is 392 g/mol. The molecule has 1 aliphatic heterocycles. The van der Waals surface area contributed by atoms with Gasteiger partial charge < -0.3 is 15.0 Å². The zero-order chi connectivity index (χ0) is 18.5. The third-order valence-corrected chi connectivity index (χ3v) is 5.80. The number of hydrogen-bond acceptors (Lipinski definition) is 6. The van der Waals surface area contributed by atoms with Gasteiger partial charge in [-0.05, 0) is 38.1 Å². The van der Waals surface area contributed by atoms with Crippen molar-refractivity contribution in [3.8, 4) is 5.75 Å². The Kier molecular flexibility index (Phi) is 6.16. The summed E-state index contributed by atoms with van der Waals surface area (Å²) in [6.07, 6.45) is 0. The van der Waals surface area contributed by atoms with E-state index in [1.165, 1.54) is 0 Å². The van der Waals surface area contributed by atoms with Crippen LogP contribution in [0.4, 0.5) is 0 Å². The zero-order valence-electron chi connectivity index (χ0n) is 14.7. The van der Waals surface area contributed by atoms with Crippen molar-refractivity contribution in [1.29, 1.82) is 0 Å². The smallest absolute Gasteiger partial charge is 0.255 e. The van der Waals surface area contributed by atoms with Gasteiger partial charge in [-0.1, -0.05) is 0 Å². The van der Waals surface area contributed by atoms with Gasteiger partial charge in [0.15, 0.2) is 0 Å². The quantitative estimate of drug-likeness (QED) is 0.820. The molecule has 1 fully saturated rings. The molecule has 1 saturated heterocycles. The summed E-state index contributed by atoms with van der Waals surface area (Å²) >= 11 is 3.14. The largest absolute Gasteiger partial charge is 0.494 e. The molecule has 0 radical (unpaired) electrons. The first kappa shape index (κ1) is 18.7. The van der Waals surface area contributed by atoms with Crippen molar-refractivity contribution < 1.29 is 14.3 Å². The number of ether oxygens (including phenoxy) is 1. The molecule has 26 heavy (non-hydrogen) atoms.